The highest BCUT2D eigenvalue weighted by Crippen LogP contribution is 2.47. The summed E-state index contributed by atoms with van der Waals surface area (Å²) in [4.78, 5) is 28.5. The van der Waals surface area contributed by atoms with Crippen LogP contribution in [-0.2, 0) is 22.5 Å². The number of ether oxygens (including phenoxy) is 9. The van der Waals surface area contributed by atoms with Gasteiger partial charge in [0.1, 0.15) is 11.5 Å². The van der Waals surface area contributed by atoms with Crippen LogP contribution in [0.4, 0.5) is 0 Å². The van der Waals surface area contributed by atoms with Crippen LogP contribution in [-0.4, -0.2) is 86.5 Å². The third kappa shape index (κ3) is 7.58. The van der Waals surface area contributed by atoms with Crippen LogP contribution in [0.1, 0.15) is 52.2 Å². The minimum absolute atomic E-state index is 0.117. The van der Waals surface area contributed by atoms with Crippen molar-refractivity contribution < 1.29 is 56.9 Å². The second-order valence-electron chi connectivity index (χ2n) is 12.1. The van der Waals surface area contributed by atoms with Crippen molar-refractivity contribution in [3.63, 3.8) is 0 Å². The molecule has 1 aliphatic heterocycles. The molecule has 2 atom stereocenters. The minimum atomic E-state index is -1.02. The van der Waals surface area contributed by atoms with E-state index in [4.69, 9.17) is 47.0 Å². The van der Waals surface area contributed by atoms with Gasteiger partial charge in [0.05, 0.1) is 88.9 Å². The molecule has 14 heteroatoms. The first-order valence-corrected chi connectivity index (χ1v) is 16.6. The number of fused-ring (bicyclic) bond motifs is 1. The molecule has 0 saturated heterocycles. The van der Waals surface area contributed by atoms with Gasteiger partial charge in [-0.25, -0.2) is 0 Å². The third-order valence-corrected chi connectivity index (χ3v) is 9.36. The van der Waals surface area contributed by atoms with Gasteiger partial charge >= 0.3 is 5.97 Å². The van der Waals surface area contributed by atoms with Crippen LogP contribution >= 0.6 is 0 Å². The SMILES string of the molecule is COC(=O)C[C@@H](c1cc(OC)c(OC)cc1OC)c1oc(CN2CCc3cc(OC)c(OC)cc3[C@@H]2c2cc(OC)c(OC)c(OC)c2)cc(=O)c1O. The molecule has 4 aromatic rings. The van der Waals surface area contributed by atoms with E-state index in [9.17, 15) is 14.7 Å². The molecule has 1 aromatic heterocycles. The zero-order valence-electron chi connectivity index (χ0n) is 31.3. The first-order valence-electron chi connectivity index (χ1n) is 16.6. The monoisotopic (exact) mass is 735 g/mol. The van der Waals surface area contributed by atoms with E-state index in [1.54, 1.807) is 40.6 Å². The number of esters is 1. The predicted molar refractivity (Wildman–Crippen MR) is 193 cm³/mol. The molecule has 1 N–H and O–H groups in total. The van der Waals surface area contributed by atoms with E-state index in [0.717, 1.165) is 16.7 Å². The number of carbonyl (C=O) groups excluding carboxylic acids is 1. The number of aromatic hydroxyl groups is 1. The summed E-state index contributed by atoms with van der Waals surface area (Å²) in [6.07, 6.45) is 0.328. The number of rotatable bonds is 15. The maximum atomic E-state index is 13.5. The highest BCUT2D eigenvalue weighted by Gasteiger charge is 2.35. The maximum Gasteiger partial charge on any atom is 0.306 e. The van der Waals surface area contributed by atoms with Crippen LogP contribution in [0.3, 0.4) is 0 Å². The summed E-state index contributed by atoms with van der Waals surface area (Å²) in [5.41, 5.74) is 2.46. The zero-order valence-corrected chi connectivity index (χ0v) is 31.3. The summed E-state index contributed by atoms with van der Waals surface area (Å²) in [5.74, 6) is 1.33. The maximum absolute atomic E-state index is 13.5. The van der Waals surface area contributed by atoms with Gasteiger partial charge in [-0.2, -0.15) is 0 Å². The Labute approximate surface area is 307 Å². The lowest BCUT2D eigenvalue weighted by Gasteiger charge is -2.38. The Balaban J connectivity index is 1.68. The quantitative estimate of drug-likeness (QED) is 0.158. The van der Waals surface area contributed by atoms with E-state index in [-0.39, 0.29) is 24.5 Å². The van der Waals surface area contributed by atoms with Crippen molar-refractivity contribution in [1.29, 1.82) is 0 Å². The Hall–Kier alpha value is -5.76. The van der Waals surface area contributed by atoms with E-state index < -0.39 is 29.1 Å². The molecule has 0 radical (unpaired) electrons. The molecular weight excluding hydrogens is 690 g/mol. The van der Waals surface area contributed by atoms with Crippen molar-refractivity contribution in [2.75, 3.05) is 70.5 Å². The zero-order chi connectivity index (χ0) is 38.4. The summed E-state index contributed by atoms with van der Waals surface area (Å²) < 4.78 is 56.4. The number of carbonyl (C=O) groups is 1. The number of hydrogen-bond acceptors (Lipinski definition) is 14. The number of methoxy groups -OCH3 is 9. The molecule has 0 amide bonds. The first kappa shape index (κ1) is 38.5. The largest absolute Gasteiger partial charge is 0.502 e. The minimum Gasteiger partial charge on any atom is -0.502 e. The molecule has 284 valence electrons. The molecule has 0 aliphatic carbocycles. The summed E-state index contributed by atoms with van der Waals surface area (Å²) >= 11 is 0. The van der Waals surface area contributed by atoms with E-state index in [1.807, 2.05) is 24.3 Å². The molecule has 14 nitrogen and oxygen atoms in total. The van der Waals surface area contributed by atoms with Crippen LogP contribution in [0.2, 0.25) is 0 Å². The molecule has 1 aliphatic rings. The van der Waals surface area contributed by atoms with E-state index in [2.05, 4.69) is 4.90 Å². The first-order chi connectivity index (χ1) is 25.6. The lowest BCUT2D eigenvalue weighted by atomic mass is 9.87. The smallest absolute Gasteiger partial charge is 0.306 e. The fourth-order valence-electron chi connectivity index (χ4n) is 6.81. The van der Waals surface area contributed by atoms with Gasteiger partial charge in [0.2, 0.25) is 16.9 Å². The Kier molecular flexibility index (Phi) is 12.1. The summed E-state index contributed by atoms with van der Waals surface area (Å²) in [6.45, 7) is 0.643. The molecule has 0 bridgehead atoms. The number of hydrogen-bond donors (Lipinski definition) is 1. The molecule has 0 fully saturated rings. The van der Waals surface area contributed by atoms with Gasteiger partial charge < -0.3 is 52.2 Å². The van der Waals surface area contributed by atoms with E-state index >= 15 is 0 Å². The average Bonchev–Trinajstić information content (AvgIpc) is 3.19. The second-order valence-corrected chi connectivity index (χ2v) is 12.1. The summed E-state index contributed by atoms with van der Waals surface area (Å²) in [5, 5.41) is 11.2. The molecule has 0 saturated carbocycles. The Bertz CT molecular complexity index is 1980. The van der Waals surface area contributed by atoms with E-state index in [0.29, 0.717) is 64.5 Å². The molecule has 0 spiro atoms. The van der Waals surface area contributed by atoms with Gasteiger partial charge in [0.25, 0.3) is 0 Å². The van der Waals surface area contributed by atoms with Gasteiger partial charge in [-0.3, -0.25) is 14.5 Å². The van der Waals surface area contributed by atoms with Crippen LogP contribution in [0.25, 0.3) is 0 Å². The Morgan fingerprint density at radius 3 is 1.87 bits per heavy atom. The molecule has 3 aromatic carbocycles. The highest BCUT2D eigenvalue weighted by atomic mass is 16.5. The van der Waals surface area contributed by atoms with Gasteiger partial charge in [0.15, 0.2) is 40.3 Å². The van der Waals surface area contributed by atoms with Crippen molar-refractivity contribution in [2.24, 2.45) is 0 Å². The van der Waals surface area contributed by atoms with Gasteiger partial charge in [0, 0.05) is 24.2 Å². The average molecular weight is 736 g/mol. The van der Waals surface area contributed by atoms with Gasteiger partial charge in [-0.15, -0.1) is 0 Å². The fourth-order valence-corrected chi connectivity index (χ4v) is 6.81. The molecule has 0 unspecified atom stereocenters. The van der Waals surface area contributed by atoms with Crippen molar-refractivity contribution in [3.8, 4) is 51.7 Å². The van der Waals surface area contributed by atoms with Crippen molar-refractivity contribution in [3.05, 3.63) is 86.5 Å². The lowest BCUT2D eigenvalue weighted by Crippen LogP contribution is -2.36. The molecule has 53 heavy (non-hydrogen) atoms. The fraction of sp³-hybridized carbons (Fsp3) is 0.385. The summed E-state index contributed by atoms with van der Waals surface area (Å²) in [7, 11) is 13.4. The topological polar surface area (TPSA) is 154 Å². The van der Waals surface area contributed by atoms with Gasteiger partial charge in [-0.1, -0.05) is 0 Å². The summed E-state index contributed by atoms with van der Waals surface area (Å²) in [6, 6.07) is 11.7. The molecule has 2 heterocycles. The van der Waals surface area contributed by atoms with Crippen LogP contribution < -0.4 is 43.3 Å². The van der Waals surface area contributed by atoms with Crippen molar-refractivity contribution in [2.45, 2.75) is 31.3 Å². The number of benzene rings is 3. The Morgan fingerprint density at radius 2 is 1.30 bits per heavy atom. The molecule has 5 rings (SSSR count). The van der Waals surface area contributed by atoms with Crippen molar-refractivity contribution in [1.82, 2.24) is 4.90 Å². The second kappa shape index (κ2) is 16.7. The van der Waals surface area contributed by atoms with Gasteiger partial charge in [-0.05, 0) is 53.4 Å². The number of nitrogens with zero attached hydrogens (tertiary/aromatic N) is 1. The normalized spacial score (nSPS) is 14.4. The highest BCUT2D eigenvalue weighted by molar-refractivity contribution is 5.72. The lowest BCUT2D eigenvalue weighted by molar-refractivity contribution is -0.140. The standard InChI is InChI=1S/C39H45NO13/c1-44-28-19-32(48-5)31(47-4)17-25(28)26(18-35(42)51-8)38-37(43)27(41)15-23(53-38)20-40-11-10-21-12-29(45-2)30(46-3)16-24(21)36(40)22-13-33(49-6)39(52-9)34(14-22)50-7/h12-17,19,26,36,43H,10-11,18,20H2,1-9H3/t26-,36-/m0/s1. The molecular formula is C39H45NO13. The Morgan fingerprint density at radius 1 is 0.736 bits per heavy atom. The van der Waals surface area contributed by atoms with Crippen molar-refractivity contribution >= 4 is 5.97 Å². The van der Waals surface area contributed by atoms with E-state index in [1.165, 1.54) is 41.6 Å². The van der Waals surface area contributed by atoms with Crippen LogP contribution in [0.5, 0.6) is 51.7 Å². The third-order valence-electron chi connectivity index (χ3n) is 9.36. The van der Waals surface area contributed by atoms with Crippen LogP contribution in [0.15, 0.2) is 51.7 Å². The van der Waals surface area contributed by atoms with Crippen LogP contribution in [0, 0.1) is 0 Å². The predicted octanol–water partition coefficient (Wildman–Crippen LogP) is 5.26.